The predicted molar refractivity (Wildman–Crippen MR) is 98.2 cm³/mol. The molecule has 2 aliphatic heterocycles. The van der Waals surface area contributed by atoms with Gasteiger partial charge in [0.1, 0.15) is 11.4 Å². The van der Waals surface area contributed by atoms with E-state index in [0.29, 0.717) is 30.4 Å². The summed E-state index contributed by atoms with van der Waals surface area (Å²) in [5.74, 6) is 1.07. The molecule has 7 nitrogen and oxygen atoms in total. The molecule has 0 radical (unpaired) electrons. The number of nitrogens with one attached hydrogen (secondary N) is 1. The average molecular weight is 367 g/mol. The second kappa shape index (κ2) is 7.51. The number of fused-ring (bicyclic) bond motifs is 1. The number of ether oxygens (including phenoxy) is 2. The maximum Gasteiger partial charge on any atom is 0.230 e. The summed E-state index contributed by atoms with van der Waals surface area (Å²) < 4.78 is 38.0. The van der Waals surface area contributed by atoms with E-state index < -0.39 is 10.0 Å². The highest BCUT2D eigenvalue weighted by Crippen LogP contribution is 2.45. The van der Waals surface area contributed by atoms with Gasteiger partial charge in [0.15, 0.2) is 5.75 Å². The van der Waals surface area contributed by atoms with Crippen LogP contribution in [0, 0.1) is 0 Å². The van der Waals surface area contributed by atoms with E-state index in [2.05, 4.69) is 21.5 Å². The average Bonchev–Trinajstić information content (AvgIpc) is 3.09. The predicted octanol–water partition coefficient (Wildman–Crippen LogP) is 2.40. The third-order valence-corrected chi connectivity index (χ3v) is 4.88. The Morgan fingerprint density at radius 2 is 2.28 bits per heavy atom. The molecule has 2 aliphatic rings. The first-order valence-corrected chi connectivity index (χ1v) is 10.5. The summed E-state index contributed by atoms with van der Waals surface area (Å²) in [4.78, 5) is 6.47. The van der Waals surface area contributed by atoms with Crippen LogP contribution in [0.25, 0.3) is 0 Å². The lowest BCUT2D eigenvalue weighted by Gasteiger charge is -2.33. The maximum absolute atomic E-state index is 11.9. The highest BCUT2D eigenvalue weighted by molar-refractivity contribution is 7.92. The molecule has 0 saturated carbocycles. The number of hydrogen-bond donors (Lipinski definition) is 1. The Kier molecular flexibility index (Phi) is 5.36. The molecule has 1 aromatic carbocycles. The summed E-state index contributed by atoms with van der Waals surface area (Å²) in [5.41, 5.74) is 1.37. The van der Waals surface area contributed by atoms with Gasteiger partial charge in [-0.25, -0.2) is 8.42 Å². The molecule has 1 N–H and O–H groups in total. The van der Waals surface area contributed by atoms with E-state index in [1.165, 1.54) is 0 Å². The number of rotatable bonds is 7. The largest absolute Gasteiger partial charge is 0.491 e. The minimum atomic E-state index is -3.45. The smallest absolute Gasteiger partial charge is 0.230 e. The SMILES string of the molecule is CCCCOc1ccc2c(c1NS(C)(=O)=O)OCCC2N1C=NCC1. The molecule has 2 heterocycles. The van der Waals surface area contributed by atoms with Gasteiger partial charge in [0.25, 0.3) is 0 Å². The van der Waals surface area contributed by atoms with Crippen LogP contribution in [0.4, 0.5) is 5.69 Å². The van der Waals surface area contributed by atoms with Crippen molar-refractivity contribution >= 4 is 22.0 Å². The Hall–Kier alpha value is -1.96. The Morgan fingerprint density at radius 3 is 2.96 bits per heavy atom. The standard InChI is InChI=1S/C17H25N3O4S/c1-3-4-10-23-15-6-5-13-14(20-9-8-18-12-20)7-11-24-17(13)16(15)19-25(2,21)22/h5-6,12,14,19H,3-4,7-11H2,1-2H3. The lowest BCUT2D eigenvalue weighted by atomic mass is 9.98. The third kappa shape index (κ3) is 4.18. The number of hydrogen-bond acceptors (Lipinski definition) is 6. The molecule has 0 bridgehead atoms. The first kappa shape index (κ1) is 17.8. The molecule has 1 aromatic rings. The molecule has 0 fully saturated rings. The van der Waals surface area contributed by atoms with Gasteiger partial charge >= 0.3 is 0 Å². The second-order valence-electron chi connectivity index (χ2n) is 6.35. The zero-order valence-corrected chi connectivity index (χ0v) is 15.5. The molecule has 25 heavy (non-hydrogen) atoms. The first-order valence-electron chi connectivity index (χ1n) is 8.65. The summed E-state index contributed by atoms with van der Waals surface area (Å²) in [5, 5.41) is 0. The fourth-order valence-electron chi connectivity index (χ4n) is 3.13. The van der Waals surface area contributed by atoms with Gasteiger partial charge in [0, 0.05) is 18.5 Å². The van der Waals surface area contributed by atoms with E-state index in [1.54, 1.807) is 0 Å². The van der Waals surface area contributed by atoms with Crippen molar-refractivity contribution in [3.63, 3.8) is 0 Å². The molecule has 0 amide bonds. The molecule has 0 saturated heterocycles. The first-order chi connectivity index (χ1) is 12.0. The van der Waals surface area contributed by atoms with Gasteiger partial charge in [-0.2, -0.15) is 0 Å². The van der Waals surface area contributed by atoms with Gasteiger partial charge < -0.3 is 14.4 Å². The normalized spacial score (nSPS) is 19.4. The van der Waals surface area contributed by atoms with Crippen molar-refractivity contribution in [3.8, 4) is 11.5 Å². The van der Waals surface area contributed by atoms with E-state index in [4.69, 9.17) is 9.47 Å². The van der Waals surface area contributed by atoms with Crippen molar-refractivity contribution in [2.75, 3.05) is 37.3 Å². The molecule has 0 aliphatic carbocycles. The lowest BCUT2D eigenvalue weighted by molar-refractivity contribution is 0.209. The molecule has 0 aromatic heterocycles. The van der Waals surface area contributed by atoms with Crippen molar-refractivity contribution in [1.29, 1.82) is 0 Å². The van der Waals surface area contributed by atoms with E-state index >= 15 is 0 Å². The van der Waals surface area contributed by atoms with Crippen LogP contribution in [0.1, 0.15) is 37.8 Å². The summed E-state index contributed by atoms with van der Waals surface area (Å²) in [6.45, 7) is 4.80. The Bertz CT molecular complexity index is 749. The van der Waals surface area contributed by atoms with Gasteiger partial charge in [0.05, 0.1) is 38.4 Å². The molecular formula is C17H25N3O4S. The van der Waals surface area contributed by atoms with Gasteiger partial charge in [-0.3, -0.25) is 9.71 Å². The van der Waals surface area contributed by atoms with E-state index in [0.717, 1.165) is 44.2 Å². The molecule has 1 unspecified atom stereocenters. The fraction of sp³-hybridized carbons (Fsp3) is 0.588. The molecule has 1 atom stereocenters. The van der Waals surface area contributed by atoms with Crippen LogP contribution < -0.4 is 14.2 Å². The van der Waals surface area contributed by atoms with Crippen LogP contribution in [0.3, 0.4) is 0 Å². The van der Waals surface area contributed by atoms with Gasteiger partial charge in [-0.15, -0.1) is 0 Å². The van der Waals surface area contributed by atoms with E-state index in [9.17, 15) is 8.42 Å². The minimum Gasteiger partial charge on any atom is -0.491 e. The van der Waals surface area contributed by atoms with Crippen LogP contribution in [0.2, 0.25) is 0 Å². The molecule has 138 valence electrons. The highest BCUT2D eigenvalue weighted by atomic mass is 32.2. The van der Waals surface area contributed by atoms with Gasteiger partial charge in [-0.05, 0) is 18.6 Å². The van der Waals surface area contributed by atoms with Crippen molar-refractivity contribution in [2.45, 2.75) is 32.2 Å². The van der Waals surface area contributed by atoms with Crippen LogP contribution in [0.5, 0.6) is 11.5 Å². The molecule has 3 rings (SSSR count). The maximum atomic E-state index is 11.9. The van der Waals surface area contributed by atoms with E-state index in [-0.39, 0.29) is 6.04 Å². The zero-order chi connectivity index (χ0) is 17.9. The van der Waals surface area contributed by atoms with Crippen molar-refractivity contribution in [1.82, 2.24) is 4.90 Å². The quantitative estimate of drug-likeness (QED) is 0.749. The summed E-state index contributed by atoms with van der Waals surface area (Å²) >= 11 is 0. The van der Waals surface area contributed by atoms with Crippen LogP contribution in [-0.4, -0.2) is 52.2 Å². The Labute approximate surface area is 149 Å². The van der Waals surface area contributed by atoms with E-state index in [1.807, 2.05) is 18.5 Å². The van der Waals surface area contributed by atoms with Crippen LogP contribution in [-0.2, 0) is 10.0 Å². The van der Waals surface area contributed by atoms with Crippen molar-refractivity contribution in [3.05, 3.63) is 17.7 Å². The number of nitrogens with zero attached hydrogens (tertiary/aromatic N) is 2. The number of sulfonamides is 1. The third-order valence-electron chi connectivity index (χ3n) is 4.31. The van der Waals surface area contributed by atoms with Crippen molar-refractivity contribution in [2.24, 2.45) is 4.99 Å². The van der Waals surface area contributed by atoms with Gasteiger partial charge in [0.2, 0.25) is 10.0 Å². The molecular weight excluding hydrogens is 342 g/mol. The molecule has 0 spiro atoms. The summed E-state index contributed by atoms with van der Waals surface area (Å²) in [6, 6.07) is 3.94. The van der Waals surface area contributed by atoms with Crippen LogP contribution in [0.15, 0.2) is 17.1 Å². The summed E-state index contributed by atoms with van der Waals surface area (Å²) in [6.07, 6.45) is 5.76. The topological polar surface area (TPSA) is 80.2 Å². The monoisotopic (exact) mass is 367 g/mol. The Balaban J connectivity index is 1.98. The van der Waals surface area contributed by atoms with Crippen molar-refractivity contribution < 1.29 is 17.9 Å². The number of aliphatic imine (C=N–C) groups is 1. The zero-order valence-electron chi connectivity index (χ0n) is 14.7. The lowest BCUT2D eigenvalue weighted by Crippen LogP contribution is -2.30. The number of anilines is 1. The summed E-state index contributed by atoms with van der Waals surface area (Å²) in [7, 11) is -3.45. The Morgan fingerprint density at radius 1 is 1.44 bits per heavy atom. The van der Waals surface area contributed by atoms with Crippen LogP contribution >= 0.6 is 0 Å². The second-order valence-corrected chi connectivity index (χ2v) is 8.09. The number of benzene rings is 1. The van der Waals surface area contributed by atoms with Gasteiger partial charge in [-0.1, -0.05) is 13.3 Å². The highest BCUT2D eigenvalue weighted by Gasteiger charge is 2.31. The fourth-order valence-corrected chi connectivity index (χ4v) is 3.69. The minimum absolute atomic E-state index is 0.139. The number of unbranched alkanes of at least 4 members (excludes halogenated alkanes) is 1. The molecule has 8 heteroatoms.